The summed E-state index contributed by atoms with van der Waals surface area (Å²) in [6, 6.07) is 9.36. The Balaban J connectivity index is 2.28. The summed E-state index contributed by atoms with van der Waals surface area (Å²) in [5.41, 5.74) is 1.03. The molecule has 2 aromatic rings. The highest BCUT2D eigenvalue weighted by molar-refractivity contribution is 9.10. The second kappa shape index (κ2) is 6.16. The minimum Gasteiger partial charge on any atom is -0.294 e. The van der Waals surface area contributed by atoms with Crippen molar-refractivity contribution in [2.24, 2.45) is 0 Å². The van der Waals surface area contributed by atoms with Gasteiger partial charge in [-0.1, -0.05) is 49.5 Å². The SMILES string of the molecule is O=C(Cc1ccc(Br)cc1Cl)c1cc(F)ccc1Br. The average molecular weight is 406 g/mol. The van der Waals surface area contributed by atoms with E-state index in [4.69, 9.17) is 11.6 Å². The topological polar surface area (TPSA) is 17.1 Å². The number of halogens is 4. The van der Waals surface area contributed by atoms with Crippen LogP contribution < -0.4 is 0 Å². The first kappa shape index (κ1) is 14.7. The van der Waals surface area contributed by atoms with Crippen molar-refractivity contribution in [3.05, 3.63) is 67.3 Å². The maximum Gasteiger partial charge on any atom is 0.168 e. The normalized spacial score (nSPS) is 10.5. The molecule has 98 valence electrons. The summed E-state index contributed by atoms with van der Waals surface area (Å²) in [6.45, 7) is 0. The molecule has 0 fully saturated rings. The Kier molecular flexibility index (Phi) is 4.76. The van der Waals surface area contributed by atoms with Crippen LogP contribution in [0, 0.1) is 5.82 Å². The van der Waals surface area contributed by atoms with Gasteiger partial charge in [0.25, 0.3) is 0 Å². The Hall–Kier alpha value is -0.710. The zero-order valence-corrected chi connectivity index (χ0v) is 13.5. The van der Waals surface area contributed by atoms with Crippen LogP contribution in [0.4, 0.5) is 4.39 Å². The quantitative estimate of drug-likeness (QED) is 0.621. The van der Waals surface area contributed by atoms with Gasteiger partial charge in [0.15, 0.2) is 5.78 Å². The van der Waals surface area contributed by atoms with Crippen molar-refractivity contribution < 1.29 is 9.18 Å². The number of ketones is 1. The van der Waals surface area contributed by atoms with Gasteiger partial charge in [0.05, 0.1) is 0 Å². The molecule has 2 rings (SSSR count). The van der Waals surface area contributed by atoms with E-state index in [1.807, 2.05) is 6.07 Å². The number of benzene rings is 2. The number of rotatable bonds is 3. The molecule has 1 nitrogen and oxygen atoms in total. The molecule has 0 aliphatic carbocycles. The van der Waals surface area contributed by atoms with Gasteiger partial charge in [-0.25, -0.2) is 4.39 Å². The summed E-state index contributed by atoms with van der Waals surface area (Å²) in [5.74, 6) is -0.621. The van der Waals surface area contributed by atoms with Crippen LogP contribution in [0.15, 0.2) is 45.3 Å². The minimum atomic E-state index is -0.437. The predicted molar refractivity (Wildman–Crippen MR) is 81.3 cm³/mol. The lowest BCUT2D eigenvalue weighted by Gasteiger charge is -2.06. The van der Waals surface area contributed by atoms with E-state index in [9.17, 15) is 9.18 Å². The van der Waals surface area contributed by atoms with Crippen molar-refractivity contribution in [1.29, 1.82) is 0 Å². The van der Waals surface area contributed by atoms with Crippen LogP contribution in [-0.4, -0.2) is 5.78 Å². The highest BCUT2D eigenvalue weighted by atomic mass is 79.9. The molecule has 0 saturated carbocycles. The van der Waals surface area contributed by atoms with E-state index < -0.39 is 5.82 Å². The lowest BCUT2D eigenvalue weighted by atomic mass is 10.0. The van der Waals surface area contributed by atoms with E-state index in [1.165, 1.54) is 18.2 Å². The number of Topliss-reactive ketones (excluding diaryl/α,β-unsaturated/α-hetero) is 1. The van der Waals surface area contributed by atoms with Gasteiger partial charge in [-0.3, -0.25) is 4.79 Å². The van der Waals surface area contributed by atoms with E-state index in [2.05, 4.69) is 31.9 Å². The lowest BCUT2D eigenvalue weighted by molar-refractivity contribution is 0.0992. The van der Waals surface area contributed by atoms with Gasteiger partial charge in [0.2, 0.25) is 0 Å². The molecule has 19 heavy (non-hydrogen) atoms. The van der Waals surface area contributed by atoms with Gasteiger partial charge in [-0.05, 0) is 35.9 Å². The molecule has 0 amide bonds. The molecule has 0 N–H and O–H groups in total. The van der Waals surface area contributed by atoms with Crippen LogP contribution in [0.3, 0.4) is 0 Å². The monoisotopic (exact) mass is 404 g/mol. The van der Waals surface area contributed by atoms with Gasteiger partial charge < -0.3 is 0 Å². The Bertz CT molecular complexity index is 643. The van der Waals surface area contributed by atoms with Crippen molar-refractivity contribution in [3.63, 3.8) is 0 Å². The van der Waals surface area contributed by atoms with Gasteiger partial charge in [0, 0.05) is 26.0 Å². The second-order valence-corrected chi connectivity index (χ2v) is 6.14. The minimum absolute atomic E-state index is 0.133. The van der Waals surface area contributed by atoms with Gasteiger partial charge in [-0.15, -0.1) is 0 Å². The standard InChI is InChI=1S/C14H8Br2ClFO/c15-9-2-1-8(13(17)6-9)5-14(19)11-7-10(18)3-4-12(11)16/h1-4,6-7H,5H2. The Morgan fingerprint density at radius 1 is 1.16 bits per heavy atom. The number of hydrogen-bond acceptors (Lipinski definition) is 1. The van der Waals surface area contributed by atoms with Gasteiger partial charge >= 0.3 is 0 Å². The van der Waals surface area contributed by atoms with E-state index in [0.29, 0.717) is 20.6 Å². The van der Waals surface area contributed by atoms with Crippen LogP contribution in [0.1, 0.15) is 15.9 Å². The molecule has 0 aromatic heterocycles. The summed E-state index contributed by atoms with van der Waals surface area (Å²) >= 11 is 12.6. The fraction of sp³-hybridized carbons (Fsp3) is 0.0714. The van der Waals surface area contributed by atoms with Crippen molar-refractivity contribution >= 4 is 49.2 Å². The van der Waals surface area contributed by atoms with Crippen molar-refractivity contribution in [1.82, 2.24) is 0 Å². The van der Waals surface area contributed by atoms with E-state index >= 15 is 0 Å². The summed E-state index contributed by atoms with van der Waals surface area (Å²) in [4.78, 5) is 12.2. The highest BCUT2D eigenvalue weighted by Gasteiger charge is 2.13. The van der Waals surface area contributed by atoms with Crippen molar-refractivity contribution in [2.45, 2.75) is 6.42 Å². The van der Waals surface area contributed by atoms with Crippen LogP contribution in [0.2, 0.25) is 5.02 Å². The molecule has 5 heteroatoms. The maximum atomic E-state index is 13.2. The molecular formula is C14H8Br2ClFO. The second-order valence-electron chi connectivity index (χ2n) is 3.96. The smallest absolute Gasteiger partial charge is 0.168 e. The van der Waals surface area contributed by atoms with Crippen molar-refractivity contribution in [3.8, 4) is 0 Å². The third-order valence-corrected chi connectivity index (χ3v) is 4.13. The lowest BCUT2D eigenvalue weighted by Crippen LogP contribution is -2.05. The Labute approximate surface area is 132 Å². The Morgan fingerprint density at radius 2 is 1.89 bits per heavy atom. The molecule has 0 aliphatic rings. The third kappa shape index (κ3) is 3.65. The molecule has 0 aliphatic heterocycles. The maximum absolute atomic E-state index is 13.2. The molecule has 0 bridgehead atoms. The first-order valence-electron chi connectivity index (χ1n) is 5.39. The first-order valence-corrected chi connectivity index (χ1v) is 7.36. The zero-order valence-electron chi connectivity index (χ0n) is 9.59. The van der Waals surface area contributed by atoms with Crippen LogP contribution in [0.25, 0.3) is 0 Å². The highest BCUT2D eigenvalue weighted by Crippen LogP contribution is 2.25. The molecule has 0 saturated heterocycles. The van der Waals surface area contributed by atoms with Crippen LogP contribution in [0.5, 0.6) is 0 Å². The van der Waals surface area contributed by atoms with Crippen LogP contribution >= 0.6 is 43.5 Å². The van der Waals surface area contributed by atoms with E-state index in [1.54, 1.807) is 12.1 Å². The number of hydrogen-bond donors (Lipinski definition) is 0. The van der Waals surface area contributed by atoms with Crippen LogP contribution in [-0.2, 0) is 6.42 Å². The summed E-state index contributed by atoms with van der Waals surface area (Å²) in [5, 5.41) is 0.509. The zero-order chi connectivity index (χ0) is 14.0. The number of carbonyl (C=O) groups is 1. The molecule has 2 aromatic carbocycles. The fourth-order valence-electron chi connectivity index (χ4n) is 1.64. The van der Waals surface area contributed by atoms with Gasteiger partial charge in [0.1, 0.15) is 5.82 Å². The van der Waals surface area contributed by atoms with Crippen molar-refractivity contribution in [2.75, 3.05) is 0 Å². The molecular weight excluding hydrogens is 398 g/mol. The third-order valence-electron chi connectivity index (χ3n) is 2.59. The van der Waals surface area contributed by atoms with E-state index in [0.717, 1.165) is 4.47 Å². The van der Waals surface area contributed by atoms with E-state index in [-0.39, 0.29) is 12.2 Å². The largest absolute Gasteiger partial charge is 0.294 e. The number of carbonyl (C=O) groups excluding carboxylic acids is 1. The Morgan fingerprint density at radius 3 is 2.58 bits per heavy atom. The van der Waals surface area contributed by atoms with Gasteiger partial charge in [-0.2, -0.15) is 0 Å². The summed E-state index contributed by atoms with van der Waals surface area (Å²) in [7, 11) is 0. The average Bonchev–Trinajstić information content (AvgIpc) is 2.35. The molecule has 0 atom stereocenters. The fourth-order valence-corrected chi connectivity index (χ4v) is 2.85. The summed E-state index contributed by atoms with van der Waals surface area (Å²) in [6.07, 6.45) is 0.133. The first-order chi connectivity index (χ1) is 8.97. The molecule has 0 heterocycles. The molecule has 0 unspecified atom stereocenters. The summed E-state index contributed by atoms with van der Waals surface area (Å²) < 4.78 is 14.6. The molecule has 0 radical (unpaired) electrons. The molecule has 0 spiro atoms. The predicted octanol–water partition coefficient (Wildman–Crippen LogP) is 5.43.